The molecule has 7 nitrogen and oxygen atoms in total. The summed E-state index contributed by atoms with van der Waals surface area (Å²) in [5.74, 6) is 0.586. The molecule has 3 rings (SSSR count). The lowest BCUT2D eigenvalue weighted by molar-refractivity contribution is 0.216. The van der Waals surface area contributed by atoms with Gasteiger partial charge in [0, 0.05) is 5.56 Å². The number of hydrogen-bond acceptors (Lipinski definition) is 6. The molecule has 2 heterocycles. The number of piperidine rings is 1. The molecule has 0 aliphatic carbocycles. The SMILES string of the molecule is N#Cc1c(N)[nH]c(=O)c(C#N)c1-c1cccc(OCCCCN2CCCCC2)c1. The Morgan fingerprint density at radius 2 is 1.86 bits per heavy atom. The number of nitrogens with two attached hydrogens (primary N) is 1. The molecule has 1 aromatic heterocycles. The number of rotatable bonds is 7. The number of nitrogen functional groups attached to an aromatic ring is 1. The predicted octanol–water partition coefficient (Wildman–Crippen LogP) is 3.01. The highest BCUT2D eigenvalue weighted by molar-refractivity contribution is 5.80. The van der Waals surface area contributed by atoms with E-state index < -0.39 is 5.56 Å². The van der Waals surface area contributed by atoms with Gasteiger partial charge in [0.2, 0.25) is 0 Å². The molecule has 0 amide bonds. The van der Waals surface area contributed by atoms with Gasteiger partial charge in [0.1, 0.15) is 34.8 Å². The van der Waals surface area contributed by atoms with Crippen LogP contribution >= 0.6 is 0 Å². The van der Waals surface area contributed by atoms with Crippen molar-refractivity contribution < 1.29 is 4.74 Å². The maximum atomic E-state index is 12.1. The lowest BCUT2D eigenvalue weighted by atomic mass is 9.96. The summed E-state index contributed by atoms with van der Waals surface area (Å²) in [6.07, 6.45) is 5.97. The first-order valence-corrected chi connectivity index (χ1v) is 9.95. The van der Waals surface area contributed by atoms with E-state index in [1.165, 1.54) is 32.4 Å². The van der Waals surface area contributed by atoms with Crippen LogP contribution in [0.25, 0.3) is 11.1 Å². The monoisotopic (exact) mass is 391 g/mol. The van der Waals surface area contributed by atoms with Crippen molar-refractivity contribution in [3.05, 3.63) is 45.7 Å². The number of H-pyrrole nitrogens is 1. The van der Waals surface area contributed by atoms with Crippen LogP contribution in [0.3, 0.4) is 0 Å². The van der Waals surface area contributed by atoms with Gasteiger partial charge in [0.15, 0.2) is 0 Å². The highest BCUT2D eigenvalue weighted by atomic mass is 16.5. The maximum Gasteiger partial charge on any atom is 0.268 e. The van der Waals surface area contributed by atoms with E-state index in [1.807, 2.05) is 18.2 Å². The van der Waals surface area contributed by atoms with E-state index in [1.54, 1.807) is 18.2 Å². The Hall–Kier alpha value is -3.29. The van der Waals surface area contributed by atoms with Gasteiger partial charge in [-0.15, -0.1) is 0 Å². The second-order valence-electron chi connectivity index (χ2n) is 7.20. The number of pyridine rings is 1. The normalized spacial score (nSPS) is 14.1. The van der Waals surface area contributed by atoms with E-state index in [4.69, 9.17) is 10.5 Å². The first-order chi connectivity index (χ1) is 14.1. The number of nitrogens with one attached hydrogen (secondary N) is 1. The number of hydrogen-bond donors (Lipinski definition) is 2. The van der Waals surface area contributed by atoms with E-state index in [2.05, 4.69) is 9.88 Å². The summed E-state index contributed by atoms with van der Waals surface area (Å²) in [5.41, 5.74) is 5.93. The van der Waals surface area contributed by atoms with Gasteiger partial charge in [0.05, 0.1) is 6.61 Å². The van der Waals surface area contributed by atoms with Crippen LogP contribution in [0.15, 0.2) is 29.1 Å². The largest absolute Gasteiger partial charge is 0.494 e. The van der Waals surface area contributed by atoms with Crippen molar-refractivity contribution in [2.24, 2.45) is 0 Å². The first kappa shape index (κ1) is 20.4. The summed E-state index contributed by atoms with van der Waals surface area (Å²) < 4.78 is 5.86. The first-order valence-electron chi connectivity index (χ1n) is 9.95. The molecule has 0 atom stereocenters. The highest BCUT2D eigenvalue weighted by Gasteiger charge is 2.18. The lowest BCUT2D eigenvalue weighted by Crippen LogP contribution is -2.30. The van der Waals surface area contributed by atoms with E-state index in [0.717, 1.165) is 19.4 Å². The molecule has 7 heteroatoms. The van der Waals surface area contributed by atoms with Gasteiger partial charge in [-0.05, 0) is 63.0 Å². The van der Waals surface area contributed by atoms with Crippen molar-refractivity contribution in [3.63, 3.8) is 0 Å². The van der Waals surface area contributed by atoms with Crippen molar-refractivity contribution in [3.8, 4) is 29.0 Å². The quantitative estimate of drug-likeness (QED) is 0.700. The number of anilines is 1. The molecule has 1 aliphatic heterocycles. The van der Waals surface area contributed by atoms with Crippen LogP contribution < -0.4 is 16.0 Å². The number of benzene rings is 1. The molecule has 1 fully saturated rings. The summed E-state index contributed by atoms with van der Waals surface area (Å²) in [5, 5.41) is 18.8. The zero-order valence-corrected chi connectivity index (χ0v) is 16.4. The molecule has 0 spiro atoms. The third-order valence-electron chi connectivity index (χ3n) is 5.18. The molecule has 0 radical (unpaired) electrons. The second kappa shape index (κ2) is 9.77. The number of aromatic amines is 1. The number of aromatic nitrogens is 1. The molecular weight excluding hydrogens is 366 g/mol. The third kappa shape index (κ3) is 4.96. The molecule has 0 saturated carbocycles. The lowest BCUT2D eigenvalue weighted by Gasteiger charge is -2.26. The van der Waals surface area contributed by atoms with E-state index in [9.17, 15) is 15.3 Å². The molecule has 1 aliphatic rings. The van der Waals surface area contributed by atoms with Crippen LogP contribution in [0.1, 0.15) is 43.2 Å². The van der Waals surface area contributed by atoms with E-state index in [0.29, 0.717) is 17.9 Å². The summed E-state index contributed by atoms with van der Waals surface area (Å²) in [7, 11) is 0. The average Bonchev–Trinajstić information content (AvgIpc) is 2.74. The standard InChI is InChI=1S/C22H25N5O2/c23-14-18-20(19(15-24)22(28)26-21(18)25)16-7-6-8-17(13-16)29-12-5-4-11-27-9-2-1-3-10-27/h6-8,13H,1-5,9-12H2,(H3,25,26,28). The van der Waals surface area contributed by atoms with E-state index >= 15 is 0 Å². The van der Waals surface area contributed by atoms with E-state index in [-0.39, 0.29) is 22.5 Å². The zero-order valence-electron chi connectivity index (χ0n) is 16.4. The van der Waals surface area contributed by atoms with Crippen molar-refractivity contribution in [2.45, 2.75) is 32.1 Å². The Balaban J connectivity index is 1.68. The summed E-state index contributed by atoms with van der Waals surface area (Å²) in [4.78, 5) is 16.9. The molecule has 150 valence electrons. The van der Waals surface area contributed by atoms with Gasteiger partial charge in [-0.1, -0.05) is 18.6 Å². The molecule has 3 N–H and O–H groups in total. The van der Waals surface area contributed by atoms with Crippen molar-refractivity contribution in [2.75, 3.05) is 32.0 Å². The molecule has 1 aromatic carbocycles. The molecule has 0 bridgehead atoms. The molecule has 1 saturated heterocycles. The fraction of sp³-hybridized carbons (Fsp3) is 0.409. The fourth-order valence-corrected chi connectivity index (χ4v) is 3.68. The Bertz CT molecular complexity index is 994. The van der Waals surface area contributed by atoms with Crippen LogP contribution in [0.4, 0.5) is 5.82 Å². The minimum absolute atomic E-state index is 0.0458. The third-order valence-corrected chi connectivity index (χ3v) is 5.18. The average molecular weight is 391 g/mol. The van der Waals surface area contributed by atoms with Gasteiger partial charge in [-0.25, -0.2) is 0 Å². The van der Waals surface area contributed by atoms with Gasteiger partial charge in [-0.3, -0.25) is 4.79 Å². The van der Waals surface area contributed by atoms with Crippen molar-refractivity contribution in [1.82, 2.24) is 9.88 Å². The maximum absolute atomic E-state index is 12.1. The number of unbranched alkanes of at least 4 members (excludes halogenated alkanes) is 1. The van der Waals surface area contributed by atoms with Crippen LogP contribution in [0.2, 0.25) is 0 Å². The molecule has 0 unspecified atom stereocenters. The minimum Gasteiger partial charge on any atom is -0.494 e. The van der Waals surface area contributed by atoms with Crippen molar-refractivity contribution in [1.29, 1.82) is 10.5 Å². The Morgan fingerprint density at radius 1 is 1.10 bits per heavy atom. The topological polar surface area (TPSA) is 119 Å². The highest BCUT2D eigenvalue weighted by Crippen LogP contribution is 2.30. The molecule has 2 aromatic rings. The van der Waals surface area contributed by atoms with Crippen LogP contribution in [0, 0.1) is 22.7 Å². The number of nitrogens with zero attached hydrogens (tertiary/aromatic N) is 3. The zero-order chi connectivity index (χ0) is 20.6. The Kier molecular flexibility index (Phi) is 6.89. The second-order valence-corrected chi connectivity index (χ2v) is 7.20. The summed E-state index contributed by atoms with van der Waals surface area (Å²) in [6, 6.07) is 10.9. The Morgan fingerprint density at radius 3 is 2.59 bits per heavy atom. The number of likely N-dealkylation sites (tertiary alicyclic amines) is 1. The van der Waals surface area contributed by atoms with Gasteiger partial charge >= 0.3 is 0 Å². The number of ether oxygens (including phenoxy) is 1. The van der Waals surface area contributed by atoms with Gasteiger partial charge in [-0.2, -0.15) is 10.5 Å². The van der Waals surface area contributed by atoms with Gasteiger partial charge in [0.25, 0.3) is 5.56 Å². The van der Waals surface area contributed by atoms with Crippen LogP contribution in [0.5, 0.6) is 5.75 Å². The summed E-state index contributed by atoms with van der Waals surface area (Å²) in [6.45, 7) is 4.09. The fourth-order valence-electron chi connectivity index (χ4n) is 3.68. The van der Waals surface area contributed by atoms with Crippen molar-refractivity contribution >= 4 is 5.82 Å². The van der Waals surface area contributed by atoms with Gasteiger partial charge < -0.3 is 20.4 Å². The molecular formula is C22H25N5O2. The summed E-state index contributed by atoms with van der Waals surface area (Å²) >= 11 is 0. The van der Waals surface area contributed by atoms with Crippen LogP contribution in [-0.2, 0) is 0 Å². The molecule has 29 heavy (non-hydrogen) atoms. The minimum atomic E-state index is -0.608. The predicted molar refractivity (Wildman–Crippen MR) is 111 cm³/mol. The Labute approximate surface area is 170 Å². The number of nitriles is 2. The van der Waals surface area contributed by atoms with Crippen LogP contribution in [-0.4, -0.2) is 36.1 Å². The smallest absolute Gasteiger partial charge is 0.268 e.